The van der Waals surface area contributed by atoms with Gasteiger partial charge in [-0.15, -0.1) is 22.8 Å². The molecule has 2 aromatic heterocycles. The summed E-state index contributed by atoms with van der Waals surface area (Å²) in [6.07, 6.45) is 0. The van der Waals surface area contributed by atoms with Crippen LogP contribution in [-0.2, 0) is 0 Å². The first-order valence-corrected chi connectivity index (χ1v) is 7.72. The van der Waals surface area contributed by atoms with Crippen molar-refractivity contribution in [2.45, 2.75) is 5.16 Å². The zero-order chi connectivity index (χ0) is 17.6. The van der Waals surface area contributed by atoms with Crippen molar-refractivity contribution in [2.75, 3.05) is 0 Å². The minimum Gasteiger partial charge on any atom is -0.493 e. The topological polar surface area (TPSA) is 84.1 Å². The van der Waals surface area contributed by atoms with Gasteiger partial charge in [-0.25, -0.2) is 4.39 Å². The number of benzene rings is 2. The van der Waals surface area contributed by atoms with Crippen molar-refractivity contribution in [3.8, 4) is 28.8 Å². The number of hydrogen-bond acceptors (Lipinski definition) is 6. The fourth-order valence-corrected chi connectivity index (χ4v) is 2.96. The lowest BCUT2D eigenvalue weighted by molar-refractivity contribution is 0.386. The average Bonchev–Trinajstić information content (AvgIpc) is 2.99. The molecule has 0 aliphatic heterocycles. The molecule has 0 saturated heterocycles. The SMILES string of the molecule is Oc1nc(O)c(-c2nnc(S)n2-c2cccc3ccccc23)cc1F. The van der Waals surface area contributed by atoms with Crippen molar-refractivity contribution in [1.29, 1.82) is 0 Å². The fraction of sp³-hybridized carbons (Fsp3) is 0. The second-order valence-corrected chi connectivity index (χ2v) is 5.72. The molecule has 2 N–H and O–H groups in total. The number of aromatic hydroxyl groups is 2. The predicted molar refractivity (Wildman–Crippen MR) is 92.6 cm³/mol. The Kier molecular flexibility index (Phi) is 3.54. The molecule has 0 aliphatic rings. The highest BCUT2D eigenvalue weighted by Gasteiger charge is 2.21. The molecule has 0 unspecified atom stereocenters. The van der Waals surface area contributed by atoms with Crippen molar-refractivity contribution >= 4 is 23.4 Å². The van der Waals surface area contributed by atoms with Gasteiger partial charge in [0.25, 0.3) is 5.88 Å². The van der Waals surface area contributed by atoms with E-state index >= 15 is 0 Å². The number of halogens is 1. The van der Waals surface area contributed by atoms with E-state index in [0.717, 1.165) is 22.5 Å². The monoisotopic (exact) mass is 354 g/mol. The van der Waals surface area contributed by atoms with Gasteiger partial charge in [0.1, 0.15) is 0 Å². The lowest BCUT2D eigenvalue weighted by atomic mass is 10.1. The maximum atomic E-state index is 13.7. The van der Waals surface area contributed by atoms with E-state index in [-0.39, 0.29) is 16.5 Å². The Morgan fingerprint density at radius 1 is 0.960 bits per heavy atom. The molecule has 0 bridgehead atoms. The van der Waals surface area contributed by atoms with Crippen LogP contribution in [0.3, 0.4) is 0 Å². The third-order valence-corrected chi connectivity index (χ3v) is 4.12. The van der Waals surface area contributed by atoms with Gasteiger partial charge in [0.05, 0.1) is 11.3 Å². The van der Waals surface area contributed by atoms with Crippen molar-refractivity contribution in [2.24, 2.45) is 0 Å². The second kappa shape index (κ2) is 5.75. The Morgan fingerprint density at radius 2 is 1.72 bits per heavy atom. The number of aromatic nitrogens is 4. The van der Waals surface area contributed by atoms with E-state index in [1.165, 1.54) is 0 Å². The third-order valence-electron chi connectivity index (χ3n) is 3.83. The standard InChI is InChI=1S/C17H11FN4O2S/c18-12-8-11(15(23)19-16(12)24)14-20-21-17(25)22(14)13-7-3-5-9-4-1-2-6-10(9)13/h1-8H,(H,21,25)(H2,19,23,24). The summed E-state index contributed by atoms with van der Waals surface area (Å²) in [6, 6.07) is 14.3. The minimum atomic E-state index is -0.971. The maximum Gasteiger partial charge on any atom is 0.251 e. The number of nitrogens with zero attached hydrogens (tertiary/aromatic N) is 4. The third kappa shape index (κ3) is 2.47. The Labute approximate surface area is 146 Å². The summed E-state index contributed by atoms with van der Waals surface area (Å²) < 4.78 is 15.3. The van der Waals surface area contributed by atoms with Crippen molar-refractivity contribution in [1.82, 2.24) is 19.7 Å². The first-order chi connectivity index (χ1) is 12.1. The Balaban J connectivity index is 2.02. The quantitative estimate of drug-likeness (QED) is 0.481. The van der Waals surface area contributed by atoms with Crippen LogP contribution in [0.15, 0.2) is 53.7 Å². The highest BCUT2D eigenvalue weighted by atomic mass is 32.1. The molecule has 25 heavy (non-hydrogen) atoms. The Hall–Kier alpha value is -3.13. The number of rotatable bonds is 2. The fourth-order valence-electron chi connectivity index (χ4n) is 2.71. The van der Waals surface area contributed by atoms with E-state index in [2.05, 4.69) is 27.8 Å². The minimum absolute atomic E-state index is 0.00367. The van der Waals surface area contributed by atoms with Crippen LogP contribution < -0.4 is 0 Å². The number of hydrogen-bond donors (Lipinski definition) is 3. The molecular weight excluding hydrogens is 343 g/mol. The molecule has 4 aromatic rings. The number of fused-ring (bicyclic) bond motifs is 1. The van der Waals surface area contributed by atoms with E-state index in [1.807, 2.05) is 42.5 Å². The van der Waals surface area contributed by atoms with Crippen LogP contribution in [0, 0.1) is 5.82 Å². The summed E-state index contributed by atoms with van der Waals surface area (Å²) in [4.78, 5) is 3.39. The van der Waals surface area contributed by atoms with Gasteiger partial charge >= 0.3 is 0 Å². The number of thiol groups is 1. The molecule has 8 heteroatoms. The molecule has 2 heterocycles. The van der Waals surface area contributed by atoms with E-state index < -0.39 is 17.6 Å². The van der Waals surface area contributed by atoms with Crippen molar-refractivity contribution < 1.29 is 14.6 Å². The normalized spacial score (nSPS) is 11.1. The van der Waals surface area contributed by atoms with E-state index in [4.69, 9.17) is 0 Å². The van der Waals surface area contributed by atoms with Gasteiger partial charge in [0.2, 0.25) is 5.88 Å². The predicted octanol–water partition coefficient (Wildman–Crippen LogP) is 3.32. The van der Waals surface area contributed by atoms with Gasteiger partial charge < -0.3 is 10.2 Å². The second-order valence-electron chi connectivity index (χ2n) is 5.32. The van der Waals surface area contributed by atoms with E-state index in [0.29, 0.717) is 0 Å². The Morgan fingerprint density at radius 3 is 2.56 bits per heavy atom. The first kappa shape index (κ1) is 15.4. The summed E-state index contributed by atoms with van der Waals surface area (Å²) in [5.41, 5.74) is 0.715. The largest absolute Gasteiger partial charge is 0.493 e. The smallest absolute Gasteiger partial charge is 0.251 e. The van der Waals surface area contributed by atoms with E-state index in [1.54, 1.807) is 4.57 Å². The molecule has 0 spiro atoms. The summed E-state index contributed by atoms with van der Waals surface area (Å²) in [6.45, 7) is 0. The van der Waals surface area contributed by atoms with Gasteiger partial charge in [0.15, 0.2) is 16.8 Å². The van der Waals surface area contributed by atoms with E-state index in [9.17, 15) is 14.6 Å². The zero-order valence-electron chi connectivity index (χ0n) is 12.6. The van der Waals surface area contributed by atoms with Crippen LogP contribution in [-0.4, -0.2) is 30.0 Å². The zero-order valence-corrected chi connectivity index (χ0v) is 13.5. The lowest BCUT2D eigenvalue weighted by Crippen LogP contribution is -2.00. The molecule has 2 aromatic carbocycles. The van der Waals surface area contributed by atoms with Crippen LogP contribution in [0.25, 0.3) is 27.8 Å². The summed E-state index contributed by atoms with van der Waals surface area (Å²) in [5, 5.41) is 29.4. The van der Waals surface area contributed by atoms with Crippen LogP contribution in [0.2, 0.25) is 0 Å². The molecule has 0 radical (unpaired) electrons. The Bertz CT molecular complexity index is 1110. The highest BCUT2D eigenvalue weighted by molar-refractivity contribution is 7.80. The van der Waals surface area contributed by atoms with Crippen LogP contribution in [0.1, 0.15) is 0 Å². The first-order valence-electron chi connectivity index (χ1n) is 7.27. The van der Waals surface area contributed by atoms with Gasteiger partial charge in [-0.2, -0.15) is 4.98 Å². The van der Waals surface area contributed by atoms with Crippen molar-refractivity contribution in [3.05, 3.63) is 54.3 Å². The van der Waals surface area contributed by atoms with Gasteiger partial charge in [-0.05, 0) is 17.5 Å². The van der Waals surface area contributed by atoms with Gasteiger partial charge in [0, 0.05) is 5.39 Å². The molecule has 0 saturated carbocycles. The summed E-state index contributed by atoms with van der Waals surface area (Å²) in [5.74, 6) is -2.25. The molecule has 0 fully saturated rings. The molecule has 0 atom stereocenters. The summed E-state index contributed by atoms with van der Waals surface area (Å²) in [7, 11) is 0. The average molecular weight is 354 g/mol. The molecule has 124 valence electrons. The van der Waals surface area contributed by atoms with Crippen molar-refractivity contribution in [3.63, 3.8) is 0 Å². The molecular formula is C17H11FN4O2S. The highest BCUT2D eigenvalue weighted by Crippen LogP contribution is 2.34. The molecule has 6 nitrogen and oxygen atoms in total. The maximum absolute atomic E-state index is 13.7. The van der Waals surface area contributed by atoms with Gasteiger partial charge in [-0.1, -0.05) is 36.4 Å². The van der Waals surface area contributed by atoms with Crippen LogP contribution in [0.5, 0.6) is 11.8 Å². The lowest BCUT2D eigenvalue weighted by Gasteiger charge is -2.12. The molecule has 4 rings (SSSR count). The van der Waals surface area contributed by atoms with Crippen LogP contribution >= 0.6 is 12.6 Å². The number of pyridine rings is 1. The molecule has 0 aliphatic carbocycles. The van der Waals surface area contributed by atoms with Crippen LogP contribution in [0.4, 0.5) is 4.39 Å². The summed E-state index contributed by atoms with van der Waals surface area (Å²) >= 11 is 4.33. The van der Waals surface area contributed by atoms with Gasteiger partial charge in [-0.3, -0.25) is 4.57 Å². The molecule has 0 amide bonds.